The van der Waals surface area contributed by atoms with Gasteiger partial charge in [-0.1, -0.05) is 18.2 Å². The van der Waals surface area contributed by atoms with E-state index in [0.29, 0.717) is 23.6 Å². The Bertz CT molecular complexity index is 1320. The van der Waals surface area contributed by atoms with Crippen molar-refractivity contribution in [1.82, 2.24) is 19.7 Å². The number of hydrogen-bond donors (Lipinski definition) is 1. The second-order valence-electron chi connectivity index (χ2n) is 8.40. The van der Waals surface area contributed by atoms with Gasteiger partial charge in [0.25, 0.3) is 11.5 Å². The van der Waals surface area contributed by atoms with Crippen LogP contribution in [0.5, 0.6) is 5.75 Å². The molecule has 1 aliphatic rings. The van der Waals surface area contributed by atoms with Crippen LogP contribution in [0.3, 0.4) is 0 Å². The van der Waals surface area contributed by atoms with Crippen LogP contribution in [0.15, 0.2) is 52.1 Å². The molecule has 34 heavy (non-hydrogen) atoms. The normalized spacial score (nSPS) is 15.3. The van der Waals surface area contributed by atoms with Crippen molar-refractivity contribution < 1.29 is 14.3 Å². The number of carbonyl (C=O) groups is 1. The van der Waals surface area contributed by atoms with Crippen LogP contribution in [-0.2, 0) is 11.3 Å². The lowest BCUT2D eigenvalue weighted by Crippen LogP contribution is -2.46. The van der Waals surface area contributed by atoms with Crippen LogP contribution >= 0.6 is 0 Å². The van der Waals surface area contributed by atoms with E-state index >= 15 is 0 Å². The van der Waals surface area contributed by atoms with Crippen LogP contribution in [0.4, 0.5) is 0 Å². The number of methoxy groups -OCH3 is 1. The van der Waals surface area contributed by atoms with Crippen molar-refractivity contribution in [1.29, 1.82) is 0 Å². The van der Waals surface area contributed by atoms with E-state index in [1.807, 2.05) is 19.9 Å². The minimum Gasteiger partial charge on any atom is -0.497 e. The largest absolute Gasteiger partial charge is 0.497 e. The van der Waals surface area contributed by atoms with E-state index in [4.69, 9.17) is 9.47 Å². The van der Waals surface area contributed by atoms with Crippen LogP contribution in [-0.4, -0.2) is 46.6 Å². The minimum absolute atomic E-state index is 0.0335. The third kappa shape index (κ3) is 4.94. The molecule has 1 saturated heterocycles. The Morgan fingerprint density at radius 1 is 1.18 bits per heavy atom. The quantitative estimate of drug-likeness (QED) is 0.573. The van der Waals surface area contributed by atoms with Crippen molar-refractivity contribution in [3.8, 4) is 11.4 Å². The Balaban J connectivity index is 1.78. The van der Waals surface area contributed by atoms with Crippen molar-refractivity contribution in [2.24, 2.45) is 0 Å². The number of ether oxygens (including phenoxy) is 2. The predicted octanol–water partition coefficient (Wildman–Crippen LogP) is 1.98. The Kier molecular flexibility index (Phi) is 6.93. The molecule has 1 atom stereocenters. The number of amides is 1. The molecule has 1 unspecified atom stereocenters. The molecule has 178 valence electrons. The Hall–Kier alpha value is -3.72. The lowest BCUT2D eigenvalue weighted by atomic mass is 10.1. The van der Waals surface area contributed by atoms with E-state index in [9.17, 15) is 14.4 Å². The van der Waals surface area contributed by atoms with Crippen LogP contribution in [0, 0.1) is 13.8 Å². The summed E-state index contributed by atoms with van der Waals surface area (Å²) in [5.41, 5.74) is 1.43. The summed E-state index contributed by atoms with van der Waals surface area (Å²) in [5, 5.41) is 6.92. The number of aryl methyl sites for hydroxylation is 2. The number of hydrogen-bond acceptors (Lipinski definition) is 6. The molecule has 2 heterocycles. The Morgan fingerprint density at radius 3 is 2.71 bits per heavy atom. The predicted molar refractivity (Wildman–Crippen MR) is 127 cm³/mol. The fourth-order valence-electron chi connectivity index (χ4n) is 3.87. The molecule has 2 aromatic carbocycles. The maximum absolute atomic E-state index is 13.4. The molecule has 9 nitrogen and oxygen atoms in total. The molecule has 1 amide bonds. The molecule has 0 saturated carbocycles. The van der Waals surface area contributed by atoms with Gasteiger partial charge >= 0.3 is 5.69 Å². The van der Waals surface area contributed by atoms with Crippen LogP contribution < -0.4 is 21.3 Å². The average molecular weight is 465 g/mol. The Morgan fingerprint density at radius 2 is 2.00 bits per heavy atom. The molecule has 1 aromatic heterocycles. The van der Waals surface area contributed by atoms with Gasteiger partial charge in [0.15, 0.2) is 0 Å². The summed E-state index contributed by atoms with van der Waals surface area (Å²) in [6.07, 6.45) is 1.69. The van der Waals surface area contributed by atoms with Crippen molar-refractivity contribution >= 4 is 5.91 Å². The molecule has 0 radical (unpaired) electrons. The van der Waals surface area contributed by atoms with Crippen LogP contribution in [0.25, 0.3) is 5.69 Å². The van der Waals surface area contributed by atoms with Gasteiger partial charge in [0.2, 0.25) is 5.69 Å². The summed E-state index contributed by atoms with van der Waals surface area (Å²) in [4.78, 5) is 39.6. The van der Waals surface area contributed by atoms with Gasteiger partial charge in [-0.3, -0.25) is 14.2 Å². The number of benzene rings is 2. The number of nitrogens with zero attached hydrogens (tertiary/aromatic N) is 3. The first-order valence-corrected chi connectivity index (χ1v) is 11.2. The highest BCUT2D eigenvalue weighted by Crippen LogP contribution is 2.14. The fraction of sp³-hybridized carbons (Fsp3) is 0.360. The zero-order chi connectivity index (χ0) is 24.2. The van der Waals surface area contributed by atoms with E-state index in [-0.39, 0.29) is 24.9 Å². The van der Waals surface area contributed by atoms with Crippen molar-refractivity contribution in [3.05, 3.63) is 85.7 Å². The summed E-state index contributed by atoms with van der Waals surface area (Å²) in [6.45, 7) is 4.78. The Labute approximate surface area is 196 Å². The van der Waals surface area contributed by atoms with E-state index < -0.39 is 17.2 Å². The molecule has 9 heteroatoms. The molecule has 0 aliphatic carbocycles. The van der Waals surface area contributed by atoms with E-state index in [1.54, 1.807) is 43.5 Å². The second kappa shape index (κ2) is 10.0. The lowest BCUT2D eigenvalue weighted by molar-refractivity contribution is 0.0849. The molecule has 0 bridgehead atoms. The highest BCUT2D eigenvalue weighted by atomic mass is 16.5. The summed E-state index contributed by atoms with van der Waals surface area (Å²) >= 11 is 0. The third-order valence-corrected chi connectivity index (χ3v) is 6.00. The highest BCUT2D eigenvalue weighted by molar-refractivity contribution is 5.91. The minimum atomic E-state index is -0.752. The first kappa shape index (κ1) is 23.4. The number of nitrogens with one attached hydrogen (secondary N) is 1. The summed E-state index contributed by atoms with van der Waals surface area (Å²) < 4.78 is 12.9. The zero-order valence-corrected chi connectivity index (χ0v) is 19.5. The number of rotatable bonds is 7. The van der Waals surface area contributed by atoms with Gasteiger partial charge in [-0.2, -0.15) is 9.78 Å². The van der Waals surface area contributed by atoms with Crippen molar-refractivity contribution in [3.63, 3.8) is 0 Å². The molecule has 1 N–H and O–H groups in total. The summed E-state index contributed by atoms with van der Waals surface area (Å²) in [5.74, 6) is -0.0407. The lowest BCUT2D eigenvalue weighted by Gasteiger charge is -2.14. The molecular formula is C25H28N4O5. The molecule has 1 aliphatic heterocycles. The van der Waals surface area contributed by atoms with Crippen LogP contribution in [0.2, 0.25) is 0 Å². The van der Waals surface area contributed by atoms with Gasteiger partial charge < -0.3 is 14.8 Å². The van der Waals surface area contributed by atoms with Gasteiger partial charge in [0.05, 0.1) is 25.4 Å². The smallest absolute Gasteiger partial charge is 0.352 e. The topological polar surface area (TPSA) is 104 Å². The SMILES string of the molecule is COc1cccc(Cn2c(=O)c(C(=O)NCC3CCCO3)nn(-c3ccc(C)c(C)c3)c2=O)c1. The molecule has 3 aromatic rings. The van der Waals surface area contributed by atoms with E-state index in [2.05, 4.69) is 10.4 Å². The average Bonchev–Trinajstić information content (AvgIpc) is 3.36. The molecule has 4 rings (SSSR count). The highest BCUT2D eigenvalue weighted by Gasteiger charge is 2.23. The third-order valence-electron chi connectivity index (χ3n) is 6.00. The standard InChI is InChI=1S/C25H28N4O5/c1-16-9-10-19(12-17(16)2)29-25(32)28(15-18-6-4-7-20(13-18)33-3)24(31)22(27-29)23(30)26-14-21-8-5-11-34-21/h4,6-7,9-10,12-13,21H,5,8,11,14-15H2,1-3H3,(H,26,30). The number of aromatic nitrogens is 3. The first-order valence-electron chi connectivity index (χ1n) is 11.2. The van der Waals surface area contributed by atoms with E-state index in [1.165, 1.54) is 0 Å². The number of carbonyl (C=O) groups excluding carboxylic acids is 1. The van der Waals surface area contributed by atoms with Crippen molar-refractivity contribution in [2.45, 2.75) is 39.3 Å². The molecule has 0 spiro atoms. The summed E-state index contributed by atoms with van der Waals surface area (Å²) in [7, 11) is 1.54. The summed E-state index contributed by atoms with van der Waals surface area (Å²) in [6, 6.07) is 12.5. The molecule has 1 fully saturated rings. The van der Waals surface area contributed by atoms with Crippen LogP contribution in [0.1, 0.15) is 40.0 Å². The zero-order valence-electron chi connectivity index (χ0n) is 19.5. The first-order chi connectivity index (χ1) is 16.4. The van der Waals surface area contributed by atoms with Gasteiger partial charge in [-0.25, -0.2) is 4.79 Å². The second-order valence-corrected chi connectivity index (χ2v) is 8.40. The van der Waals surface area contributed by atoms with E-state index in [0.717, 1.165) is 33.2 Å². The van der Waals surface area contributed by atoms with Gasteiger partial charge in [0.1, 0.15) is 5.75 Å². The van der Waals surface area contributed by atoms with Gasteiger partial charge in [-0.15, -0.1) is 0 Å². The molecular weight excluding hydrogens is 436 g/mol. The van der Waals surface area contributed by atoms with Gasteiger partial charge in [0, 0.05) is 13.2 Å². The van der Waals surface area contributed by atoms with Gasteiger partial charge in [-0.05, 0) is 67.6 Å². The van der Waals surface area contributed by atoms with Crippen molar-refractivity contribution in [2.75, 3.05) is 20.3 Å². The maximum Gasteiger partial charge on any atom is 0.352 e. The fourth-order valence-corrected chi connectivity index (χ4v) is 3.87. The monoisotopic (exact) mass is 464 g/mol. The maximum atomic E-state index is 13.4.